The van der Waals surface area contributed by atoms with Gasteiger partial charge in [0.15, 0.2) is 5.78 Å². The maximum atomic E-state index is 12.3. The van der Waals surface area contributed by atoms with Crippen LogP contribution in [-0.2, 0) is 0 Å². The third-order valence-electron chi connectivity index (χ3n) is 3.03. The number of rotatable bonds is 0. The second kappa shape index (κ2) is 3.11. The number of benzene rings is 2. The third-order valence-corrected chi connectivity index (χ3v) is 4.29. The molecule has 0 radical (unpaired) electrons. The van der Waals surface area contributed by atoms with Gasteiger partial charge in [-0.3, -0.25) is 4.79 Å². The number of fused-ring (bicyclic) bond motifs is 3. The summed E-state index contributed by atoms with van der Waals surface area (Å²) in [6, 6.07) is 12.2. The molecule has 3 rings (SSSR count). The van der Waals surface area contributed by atoms with Crippen molar-refractivity contribution in [2.24, 2.45) is 0 Å². The van der Waals surface area contributed by atoms with Gasteiger partial charge in [0, 0.05) is 10.5 Å². The lowest BCUT2D eigenvalue weighted by Gasteiger charge is -2.12. The topological polar surface area (TPSA) is 17.1 Å². The van der Waals surface area contributed by atoms with E-state index in [2.05, 4.69) is 18.2 Å². The van der Waals surface area contributed by atoms with Crippen LogP contribution in [0.15, 0.2) is 41.3 Å². The van der Waals surface area contributed by atoms with Gasteiger partial charge in [-0.15, -0.1) is 11.8 Å². The fraction of sp³-hybridized carbons (Fsp3) is 0.214. The number of carbonyl (C=O) groups excluding carboxylic acids is 1. The molecule has 0 fully saturated rings. The molecule has 1 nitrogen and oxygen atoms in total. The van der Waals surface area contributed by atoms with Crippen molar-refractivity contribution < 1.29 is 4.79 Å². The fourth-order valence-corrected chi connectivity index (χ4v) is 3.38. The van der Waals surface area contributed by atoms with Crippen molar-refractivity contribution in [3.05, 3.63) is 42.0 Å². The summed E-state index contributed by atoms with van der Waals surface area (Å²) in [4.78, 5) is 13.4. The Kier molecular flexibility index (Phi) is 1.93. The smallest absolute Gasteiger partial charge is 0.180 e. The van der Waals surface area contributed by atoms with E-state index in [0.717, 1.165) is 21.2 Å². The number of hydrogen-bond donors (Lipinski definition) is 0. The van der Waals surface area contributed by atoms with Gasteiger partial charge in [0.25, 0.3) is 0 Å². The van der Waals surface area contributed by atoms with Crippen molar-refractivity contribution in [3.8, 4) is 0 Å². The number of hydrogen-bond acceptors (Lipinski definition) is 2. The molecule has 0 aliphatic carbocycles. The van der Waals surface area contributed by atoms with E-state index in [-0.39, 0.29) is 10.5 Å². The van der Waals surface area contributed by atoms with E-state index in [0.29, 0.717) is 0 Å². The van der Waals surface area contributed by atoms with Crippen LogP contribution in [0.4, 0.5) is 0 Å². The lowest BCUT2D eigenvalue weighted by Crippen LogP contribution is -2.22. The molecular weight excluding hydrogens is 216 g/mol. The summed E-state index contributed by atoms with van der Waals surface area (Å²) >= 11 is 1.67. The van der Waals surface area contributed by atoms with Gasteiger partial charge in [-0.2, -0.15) is 0 Å². The number of ketones is 1. The molecule has 1 heterocycles. The van der Waals surface area contributed by atoms with Crippen molar-refractivity contribution >= 4 is 28.3 Å². The summed E-state index contributed by atoms with van der Waals surface area (Å²) in [6.45, 7) is 3.99. The summed E-state index contributed by atoms with van der Waals surface area (Å²) < 4.78 is -0.313. The maximum absolute atomic E-state index is 12.3. The summed E-state index contributed by atoms with van der Waals surface area (Å²) in [5, 5.41) is 2.23. The van der Waals surface area contributed by atoms with E-state index in [9.17, 15) is 4.79 Å². The zero-order valence-corrected chi connectivity index (χ0v) is 10.1. The zero-order valence-electron chi connectivity index (χ0n) is 9.28. The van der Waals surface area contributed by atoms with Gasteiger partial charge in [0.05, 0.1) is 4.75 Å². The summed E-state index contributed by atoms with van der Waals surface area (Å²) in [6.07, 6.45) is 0. The molecule has 0 spiro atoms. The average Bonchev–Trinajstić information content (AvgIpc) is 2.50. The normalized spacial score (nSPS) is 17.8. The quantitative estimate of drug-likeness (QED) is 0.680. The maximum Gasteiger partial charge on any atom is 0.180 e. The molecule has 16 heavy (non-hydrogen) atoms. The molecule has 1 aliphatic heterocycles. The van der Waals surface area contributed by atoms with Crippen molar-refractivity contribution in [2.45, 2.75) is 23.5 Å². The van der Waals surface area contributed by atoms with Crippen LogP contribution in [0.5, 0.6) is 0 Å². The predicted octanol–water partition coefficient (Wildman–Crippen LogP) is 3.91. The molecule has 0 bridgehead atoms. The van der Waals surface area contributed by atoms with E-state index in [1.54, 1.807) is 11.8 Å². The van der Waals surface area contributed by atoms with Crippen LogP contribution in [0.2, 0.25) is 0 Å². The Morgan fingerprint density at radius 2 is 1.81 bits per heavy atom. The highest BCUT2D eigenvalue weighted by Crippen LogP contribution is 2.46. The van der Waals surface area contributed by atoms with Crippen LogP contribution >= 0.6 is 11.8 Å². The molecule has 0 N–H and O–H groups in total. The molecule has 2 heteroatoms. The van der Waals surface area contributed by atoms with Crippen LogP contribution < -0.4 is 0 Å². The van der Waals surface area contributed by atoms with E-state index in [1.165, 1.54) is 0 Å². The van der Waals surface area contributed by atoms with Crippen LogP contribution in [-0.4, -0.2) is 10.5 Å². The van der Waals surface area contributed by atoms with Crippen molar-refractivity contribution in [2.75, 3.05) is 0 Å². The highest BCUT2D eigenvalue weighted by atomic mass is 32.2. The van der Waals surface area contributed by atoms with Gasteiger partial charge in [-0.25, -0.2) is 0 Å². The Morgan fingerprint density at radius 1 is 1.06 bits per heavy atom. The van der Waals surface area contributed by atoms with Crippen LogP contribution in [0.1, 0.15) is 24.2 Å². The molecule has 0 saturated heterocycles. The largest absolute Gasteiger partial charge is 0.293 e. The van der Waals surface area contributed by atoms with E-state index in [1.807, 2.05) is 32.0 Å². The lowest BCUT2D eigenvalue weighted by atomic mass is 9.96. The Labute approximate surface area is 98.9 Å². The van der Waals surface area contributed by atoms with E-state index in [4.69, 9.17) is 0 Å². The van der Waals surface area contributed by atoms with Gasteiger partial charge >= 0.3 is 0 Å². The molecule has 2 aromatic rings. The van der Waals surface area contributed by atoms with E-state index < -0.39 is 0 Å². The number of carbonyl (C=O) groups is 1. The highest BCUT2D eigenvalue weighted by Gasteiger charge is 2.39. The van der Waals surface area contributed by atoms with Crippen LogP contribution in [0.3, 0.4) is 0 Å². The predicted molar refractivity (Wildman–Crippen MR) is 68.2 cm³/mol. The zero-order chi connectivity index (χ0) is 11.3. The summed E-state index contributed by atoms with van der Waals surface area (Å²) in [5.41, 5.74) is 0.910. The molecule has 0 amide bonds. The second-order valence-electron chi connectivity index (χ2n) is 4.60. The summed E-state index contributed by atoms with van der Waals surface area (Å²) in [5.74, 6) is 0.254. The van der Waals surface area contributed by atoms with E-state index >= 15 is 0 Å². The molecule has 0 aromatic heterocycles. The van der Waals surface area contributed by atoms with Crippen molar-refractivity contribution in [3.63, 3.8) is 0 Å². The highest BCUT2D eigenvalue weighted by molar-refractivity contribution is 8.02. The Bertz CT molecular complexity index is 599. The molecule has 0 unspecified atom stereocenters. The van der Waals surface area contributed by atoms with Crippen LogP contribution in [0.25, 0.3) is 10.8 Å². The van der Waals surface area contributed by atoms with Crippen molar-refractivity contribution in [1.29, 1.82) is 0 Å². The number of thioether (sulfide) groups is 1. The standard InChI is InChI=1S/C14H12OS/c1-14(2)13(15)12-10-6-4-3-5-9(10)7-8-11(12)16-14/h3-8H,1-2H3. The van der Waals surface area contributed by atoms with Gasteiger partial charge in [-0.1, -0.05) is 30.3 Å². The van der Waals surface area contributed by atoms with Gasteiger partial charge < -0.3 is 0 Å². The minimum atomic E-state index is -0.313. The Morgan fingerprint density at radius 3 is 2.62 bits per heavy atom. The van der Waals surface area contributed by atoms with Gasteiger partial charge in [0.1, 0.15) is 0 Å². The molecule has 2 aromatic carbocycles. The minimum absolute atomic E-state index is 0.254. The SMILES string of the molecule is CC1(C)Sc2ccc3ccccc3c2C1=O. The second-order valence-corrected chi connectivity index (χ2v) is 6.27. The van der Waals surface area contributed by atoms with Crippen LogP contribution in [0, 0.1) is 0 Å². The van der Waals surface area contributed by atoms with Gasteiger partial charge in [0.2, 0.25) is 0 Å². The minimum Gasteiger partial charge on any atom is -0.293 e. The summed E-state index contributed by atoms with van der Waals surface area (Å²) in [7, 11) is 0. The molecule has 80 valence electrons. The molecule has 1 aliphatic rings. The lowest BCUT2D eigenvalue weighted by molar-refractivity contribution is 0.0963. The first-order chi connectivity index (χ1) is 7.59. The molecule has 0 saturated carbocycles. The number of Topliss-reactive ketones (excluding diaryl/α,β-unsaturated/α-hetero) is 1. The third kappa shape index (κ3) is 1.23. The molecular formula is C14H12OS. The average molecular weight is 228 g/mol. The van der Waals surface area contributed by atoms with Gasteiger partial charge in [-0.05, 0) is 30.7 Å². The first-order valence-corrected chi connectivity index (χ1v) is 6.17. The Balaban J connectivity index is 2.39. The first kappa shape index (κ1) is 9.91. The van der Waals surface area contributed by atoms with Crippen molar-refractivity contribution in [1.82, 2.24) is 0 Å². The Hall–Kier alpha value is -1.28. The molecule has 0 atom stereocenters. The first-order valence-electron chi connectivity index (χ1n) is 5.35. The monoisotopic (exact) mass is 228 g/mol. The fourth-order valence-electron chi connectivity index (χ4n) is 2.19.